The fourth-order valence-corrected chi connectivity index (χ4v) is 2.67. The molecule has 0 fully saturated rings. The van der Waals surface area contributed by atoms with Crippen molar-refractivity contribution < 1.29 is 0 Å². The van der Waals surface area contributed by atoms with E-state index in [1.165, 1.54) is 16.7 Å². The number of rotatable bonds is 4. The number of benzene rings is 2. The van der Waals surface area contributed by atoms with Gasteiger partial charge in [0.05, 0.1) is 0 Å². The van der Waals surface area contributed by atoms with Crippen LogP contribution in [0.1, 0.15) is 22.4 Å². The minimum atomic E-state index is 0.609. The lowest BCUT2D eigenvalue weighted by Gasteiger charge is -2.09. The summed E-state index contributed by atoms with van der Waals surface area (Å²) in [4.78, 5) is 3.10. The van der Waals surface area contributed by atoms with Crippen molar-refractivity contribution in [2.24, 2.45) is 0 Å². The van der Waals surface area contributed by atoms with Gasteiger partial charge in [-0.05, 0) is 48.4 Å². The number of H-pyrrole nitrogens is 1. The Kier molecular flexibility index (Phi) is 3.72. The number of hydrogen-bond acceptors (Lipinski definition) is 2. The second-order valence-electron chi connectivity index (χ2n) is 5.19. The lowest BCUT2D eigenvalue weighted by atomic mass is 9.99. The molecule has 0 amide bonds. The Balaban J connectivity index is 1.93. The Morgan fingerprint density at radius 1 is 1.10 bits per heavy atom. The zero-order chi connectivity index (χ0) is 14.7. The highest BCUT2D eigenvalue weighted by molar-refractivity contribution is 5.82. The molecule has 21 heavy (non-hydrogen) atoms. The van der Waals surface area contributed by atoms with Crippen LogP contribution in [0.4, 0.5) is 0 Å². The Bertz CT molecular complexity index is 809. The number of aromatic nitrogens is 1. The molecule has 3 rings (SSSR count). The lowest BCUT2D eigenvalue weighted by Crippen LogP contribution is -2.07. The van der Waals surface area contributed by atoms with Gasteiger partial charge in [-0.3, -0.25) is 0 Å². The summed E-state index contributed by atoms with van der Waals surface area (Å²) in [6.45, 7) is 0.876. The van der Waals surface area contributed by atoms with Gasteiger partial charge in [0.2, 0.25) is 0 Å². The third kappa shape index (κ3) is 2.81. The van der Waals surface area contributed by atoms with E-state index in [1.54, 1.807) is 0 Å². The Hall–Kier alpha value is -2.57. The number of aromatic amines is 1. The molecule has 0 saturated heterocycles. The van der Waals surface area contributed by atoms with Crippen molar-refractivity contribution in [3.63, 3.8) is 0 Å². The van der Waals surface area contributed by atoms with E-state index in [4.69, 9.17) is 5.26 Å². The summed E-state index contributed by atoms with van der Waals surface area (Å²) in [5, 5.41) is 13.3. The van der Waals surface area contributed by atoms with Gasteiger partial charge in [-0.1, -0.05) is 30.3 Å². The first kappa shape index (κ1) is 13.4. The van der Waals surface area contributed by atoms with E-state index in [0.29, 0.717) is 5.69 Å². The fourth-order valence-electron chi connectivity index (χ4n) is 2.67. The standard InChI is InChI=1S/C18H17N3/c1-20-12-15-5-3-2-4-14(15)8-13-6-7-18-16(9-13)10-17(11-19)21-18/h2-7,9-10,20-21H,8,12H2,1H3. The summed E-state index contributed by atoms with van der Waals surface area (Å²) < 4.78 is 0. The van der Waals surface area contributed by atoms with Gasteiger partial charge < -0.3 is 10.3 Å². The maximum absolute atomic E-state index is 8.95. The van der Waals surface area contributed by atoms with Crippen LogP contribution >= 0.6 is 0 Å². The van der Waals surface area contributed by atoms with E-state index in [-0.39, 0.29) is 0 Å². The van der Waals surface area contributed by atoms with E-state index >= 15 is 0 Å². The normalized spacial score (nSPS) is 10.7. The number of hydrogen-bond donors (Lipinski definition) is 2. The molecule has 0 spiro atoms. The molecule has 2 aromatic carbocycles. The molecule has 0 aliphatic carbocycles. The molecule has 0 saturated carbocycles. The SMILES string of the molecule is CNCc1ccccc1Cc1ccc2[nH]c(C#N)cc2c1. The molecule has 0 aliphatic rings. The summed E-state index contributed by atoms with van der Waals surface area (Å²) in [6.07, 6.45) is 0.904. The molecule has 3 heteroatoms. The molecule has 0 aliphatic heterocycles. The quantitative estimate of drug-likeness (QED) is 0.767. The smallest absolute Gasteiger partial charge is 0.118 e. The summed E-state index contributed by atoms with van der Waals surface area (Å²) in [5.74, 6) is 0. The zero-order valence-electron chi connectivity index (χ0n) is 12.0. The molecule has 0 atom stereocenters. The van der Waals surface area contributed by atoms with Crippen LogP contribution in [0.25, 0.3) is 10.9 Å². The minimum absolute atomic E-state index is 0.609. The predicted octanol–water partition coefficient (Wildman–Crippen LogP) is 3.35. The first-order valence-corrected chi connectivity index (χ1v) is 7.03. The number of fused-ring (bicyclic) bond motifs is 1. The van der Waals surface area contributed by atoms with Crippen molar-refractivity contribution in [1.82, 2.24) is 10.3 Å². The van der Waals surface area contributed by atoms with Crippen molar-refractivity contribution in [3.8, 4) is 6.07 Å². The summed E-state index contributed by atoms with van der Waals surface area (Å²) in [5.41, 5.74) is 5.54. The van der Waals surface area contributed by atoms with Crippen LogP contribution in [-0.2, 0) is 13.0 Å². The Morgan fingerprint density at radius 2 is 1.90 bits per heavy atom. The third-order valence-electron chi connectivity index (χ3n) is 3.69. The first-order chi connectivity index (χ1) is 10.3. The van der Waals surface area contributed by atoms with Crippen molar-refractivity contribution in [2.45, 2.75) is 13.0 Å². The second-order valence-corrected chi connectivity index (χ2v) is 5.19. The zero-order valence-corrected chi connectivity index (χ0v) is 12.0. The van der Waals surface area contributed by atoms with Gasteiger partial charge in [-0.25, -0.2) is 0 Å². The third-order valence-corrected chi connectivity index (χ3v) is 3.69. The predicted molar refractivity (Wildman–Crippen MR) is 85.0 cm³/mol. The summed E-state index contributed by atoms with van der Waals surface area (Å²) in [7, 11) is 1.96. The van der Waals surface area contributed by atoms with Gasteiger partial charge in [0.25, 0.3) is 0 Å². The fraction of sp³-hybridized carbons (Fsp3) is 0.167. The largest absolute Gasteiger partial charge is 0.346 e. The monoisotopic (exact) mass is 275 g/mol. The Morgan fingerprint density at radius 3 is 2.67 bits per heavy atom. The number of nitrogens with one attached hydrogen (secondary N) is 2. The van der Waals surface area contributed by atoms with Crippen LogP contribution in [0.3, 0.4) is 0 Å². The number of nitriles is 1. The molecule has 1 aromatic heterocycles. The van der Waals surface area contributed by atoms with Crippen LogP contribution in [0.5, 0.6) is 0 Å². The van der Waals surface area contributed by atoms with Gasteiger partial charge in [0.15, 0.2) is 0 Å². The van der Waals surface area contributed by atoms with Gasteiger partial charge in [-0.2, -0.15) is 5.26 Å². The van der Waals surface area contributed by atoms with Crippen LogP contribution < -0.4 is 5.32 Å². The van der Waals surface area contributed by atoms with Crippen LogP contribution in [0, 0.1) is 11.3 Å². The molecule has 0 radical (unpaired) electrons. The van der Waals surface area contributed by atoms with E-state index in [9.17, 15) is 0 Å². The molecular weight excluding hydrogens is 258 g/mol. The second kappa shape index (κ2) is 5.82. The van der Waals surface area contributed by atoms with Gasteiger partial charge in [-0.15, -0.1) is 0 Å². The molecule has 3 nitrogen and oxygen atoms in total. The van der Waals surface area contributed by atoms with Gasteiger partial charge in [0.1, 0.15) is 11.8 Å². The molecule has 1 heterocycles. The van der Waals surface area contributed by atoms with Crippen molar-refractivity contribution in [3.05, 3.63) is 70.9 Å². The van der Waals surface area contributed by atoms with E-state index in [2.05, 4.69) is 52.8 Å². The van der Waals surface area contributed by atoms with Crippen molar-refractivity contribution in [2.75, 3.05) is 7.05 Å². The van der Waals surface area contributed by atoms with Crippen LogP contribution in [-0.4, -0.2) is 12.0 Å². The van der Waals surface area contributed by atoms with E-state index in [1.807, 2.05) is 19.2 Å². The van der Waals surface area contributed by atoms with Crippen molar-refractivity contribution >= 4 is 10.9 Å². The van der Waals surface area contributed by atoms with E-state index in [0.717, 1.165) is 23.9 Å². The molecular formula is C18H17N3. The summed E-state index contributed by atoms with van der Waals surface area (Å²) in [6, 6.07) is 18.9. The first-order valence-electron chi connectivity index (χ1n) is 7.03. The maximum Gasteiger partial charge on any atom is 0.118 e. The summed E-state index contributed by atoms with van der Waals surface area (Å²) >= 11 is 0. The van der Waals surface area contributed by atoms with Crippen LogP contribution in [0.15, 0.2) is 48.5 Å². The van der Waals surface area contributed by atoms with Gasteiger partial charge in [0, 0.05) is 17.4 Å². The molecule has 0 unspecified atom stereocenters. The minimum Gasteiger partial charge on any atom is -0.346 e. The maximum atomic E-state index is 8.95. The molecule has 3 aromatic rings. The van der Waals surface area contributed by atoms with Crippen LogP contribution in [0.2, 0.25) is 0 Å². The Labute approximate surface area is 124 Å². The molecule has 104 valence electrons. The van der Waals surface area contributed by atoms with Crippen molar-refractivity contribution in [1.29, 1.82) is 5.26 Å². The highest BCUT2D eigenvalue weighted by Gasteiger charge is 2.05. The lowest BCUT2D eigenvalue weighted by molar-refractivity contribution is 0.808. The van der Waals surface area contributed by atoms with Gasteiger partial charge >= 0.3 is 0 Å². The highest BCUT2D eigenvalue weighted by Crippen LogP contribution is 2.20. The highest BCUT2D eigenvalue weighted by atomic mass is 14.8. The molecule has 2 N–H and O–H groups in total. The molecule has 0 bridgehead atoms. The average Bonchev–Trinajstić information content (AvgIpc) is 2.92. The topological polar surface area (TPSA) is 51.6 Å². The number of nitrogens with zero attached hydrogens (tertiary/aromatic N) is 1. The average molecular weight is 275 g/mol. The van der Waals surface area contributed by atoms with E-state index < -0.39 is 0 Å².